The van der Waals surface area contributed by atoms with Crippen LogP contribution in [0.1, 0.15) is 31.2 Å². The van der Waals surface area contributed by atoms with E-state index in [4.69, 9.17) is 11.6 Å². The molecule has 2 atom stereocenters. The number of halogens is 1. The van der Waals surface area contributed by atoms with Crippen molar-refractivity contribution in [2.45, 2.75) is 50.2 Å². The number of benzene rings is 1. The number of carbonyl (C=O) groups is 3. The Morgan fingerprint density at radius 3 is 2.78 bits per heavy atom. The summed E-state index contributed by atoms with van der Waals surface area (Å²) in [4.78, 5) is 36.0. The summed E-state index contributed by atoms with van der Waals surface area (Å²) in [6, 6.07) is 5.41. The number of carbonyl (C=O) groups excluding carboxylic acids is 3. The average Bonchev–Trinajstić information content (AvgIpc) is 3.39. The first-order valence-corrected chi connectivity index (χ1v) is 10.3. The van der Waals surface area contributed by atoms with Gasteiger partial charge in [0.25, 0.3) is 0 Å². The van der Waals surface area contributed by atoms with E-state index < -0.39 is 5.50 Å². The molecule has 0 radical (unpaired) electrons. The van der Waals surface area contributed by atoms with Crippen molar-refractivity contribution in [2.75, 3.05) is 11.1 Å². The minimum atomic E-state index is -0.405. The molecule has 1 aromatic rings. The Bertz CT molecular complexity index is 741. The molecule has 1 saturated heterocycles. The molecule has 0 aromatic heterocycles. The van der Waals surface area contributed by atoms with Crippen molar-refractivity contribution in [1.29, 1.82) is 0 Å². The quantitative estimate of drug-likeness (QED) is 0.549. The fraction of sp³-hybridized carbons (Fsp3) is 0.500. The van der Waals surface area contributed by atoms with Crippen molar-refractivity contribution < 1.29 is 14.4 Å². The molecule has 9 heteroatoms. The molecule has 3 amide bonds. The number of nitrogens with one attached hydrogen (secondary N) is 4. The molecule has 3 rings (SSSR count). The second-order valence-electron chi connectivity index (χ2n) is 6.88. The van der Waals surface area contributed by atoms with Gasteiger partial charge in [0.2, 0.25) is 17.7 Å². The largest absolute Gasteiger partial charge is 0.353 e. The van der Waals surface area contributed by atoms with E-state index in [1.165, 1.54) is 11.8 Å². The summed E-state index contributed by atoms with van der Waals surface area (Å²) in [6.45, 7) is 1.89. The lowest BCUT2D eigenvalue weighted by atomic mass is 10.1. The van der Waals surface area contributed by atoms with Gasteiger partial charge in [0.15, 0.2) is 0 Å². The molecule has 1 saturated carbocycles. The van der Waals surface area contributed by atoms with E-state index in [9.17, 15) is 14.4 Å². The van der Waals surface area contributed by atoms with E-state index in [1.807, 2.05) is 13.0 Å². The maximum Gasteiger partial charge on any atom is 0.234 e. The van der Waals surface area contributed by atoms with Gasteiger partial charge in [-0.2, -0.15) is 0 Å². The first-order chi connectivity index (χ1) is 12.9. The molecule has 1 aliphatic carbocycles. The van der Waals surface area contributed by atoms with Crippen LogP contribution in [-0.2, 0) is 14.4 Å². The molecule has 2 aliphatic rings. The topological polar surface area (TPSA) is 99.3 Å². The minimum absolute atomic E-state index is 0.0394. The summed E-state index contributed by atoms with van der Waals surface area (Å²) in [5.74, 6) is -0.196. The highest BCUT2D eigenvalue weighted by atomic mass is 35.5. The van der Waals surface area contributed by atoms with Crippen LogP contribution < -0.4 is 21.3 Å². The van der Waals surface area contributed by atoms with Gasteiger partial charge in [0.05, 0.1) is 5.75 Å². The second-order valence-corrected chi connectivity index (χ2v) is 8.38. The molecule has 4 N–H and O–H groups in total. The summed E-state index contributed by atoms with van der Waals surface area (Å²) < 4.78 is 0. The summed E-state index contributed by atoms with van der Waals surface area (Å²) in [5, 5.41) is 12.3. The molecule has 27 heavy (non-hydrogen) atoms. The van der Waals surface area contributed by atoms with Crippen molar-refractivity contribution in [1.82, 2.24) is 16.0 Å². The highest BCUT2D eigenvalue weighted by molar-refractivity contribution is 8.00. The number of hydrogen-bond acceptors (Lipinski definition) is 5. The van der Waals surface area contributed by atoms with Crippen LogP contribution in [0.15, 0.2) is 18.2 Å². The number of anilines is 1. The summed E-state index contributed by atoms with van der Waals surface area (Å²) in [5.41, 5.74) is 1.17. The Morgan fingerprint density at radius 1 is 1.30 bits per heavy atom. The summed E-state index contributed by atoms with van der Waals surface area (Å²) >= 11 is 7.33. The van der Waals surface area contributed by atoms with Gasteiger partial charge in [0, 0.05) is 35.6 Å². The van der Waals surface area contributed by atoms with E-state index >= 15 is 0 Å². The van der Waals surface area contributed by atoms with E-state index in [1.54, 1.807) is 12.1 Å². The van der Waals surface area contributed by atoms with Crippen molar-refractivity contribution in [3.05, 3.63) is 28.8 Å². The Kier molecular flexibility index (Phi) is 6.62. The fourth-order valence-electron chi connectivity index (χ4n) is 2.73. The van der Waals surface area contributed by atoms with Crippen molar-refractivity contribution >= 4 is 46.8 Å². The van der Waals surface area contributed by atoms with E-state index in [0.717, 1.165) is 18.4 Å². The maximum absolute atomic E-state index is 12.1. The highest BCUT2D eigenvalue weighted by Gasteiger charge is 2.30. The van der Waals surface area contributed by atoms with Gasteiger partial charge in [-0.1, -0.05) is 17.7 Å². The summed E-state index contributed by atoms with van der Waals surface area (Å²) in [7, 11) is 0. The van der Waals surface area contributed by atoms with Crippen molar-refractivity contribution in [3.8, 4) is 0 Å². The van der Waals surface area contributed by atoms with Gasteiger partial charge >= 0.3 is 0 Å². The normalized spacial score (nSPS) is 22.1. The van der Waals surface area contributed by atoms with E-state index in [0.29, 0.717) is 16.8 Å². The van der Waals surface area contributed by atoms with Crippen molar-refractivity contribution in [3.63, 3.8) is 0 Å². The Balaban J connectivity index is 1.44. The zero-order chi connectivity index (χ0) is 19.4. The van der Waals surface area contributed by atoms with Crippen LogP contribution in [0.3, 0.4) is 0 Å². The van der Waals surface area contributed by atoms with Crippen LogP contribution in [0.5, 0.6) is 0 Å². The molecule has 7 nitrogen and oxygen atoms in total. The van der Waals surface area contributed by atoms with Crippen LogP contribution in [0.4, 0.5) is 5.69 Å². The van der Waals surface area contributed by atoms with Crippen LogP contribution in [-0.4, -0.2) is 41.1 Å². The van der Waals surface area contributed by atoms with Gasteiger partial charge in [-0.25, -0.2) is 0 Å². The number of amides is 3. The zero-order valence-corrected chi connectivity index (χ0v) is 16.6. The fourth-order valence-corrected chi connectivity index (χ4v) is 3.80. The molecule has 1 aromatic carbocycles. The lowest BCUT2D eigenvalue weighted by molar-refractivity contribution is -0.125. The molecular weight excluding hydrogens is 388 g/mol. The number of rotatable bonds is 7. The van der Waals surface area contributed by atoms with E-state index in [-0.39, 0.29) is 42.4 Å². The predicted octanol–water partition coefficient (Wildman–Crippen LogP) is 1.75. The van der Waals surface area contributed by atoms with Crippen LogP contribution in [0.2, 0.25) is 5.02 Å². The number of aryl methyl sites for hydroxylation is 1. The summed E-state index contributed by atoms with van der Waals surface area (Å²) in [6.07, 6.45) is 2.58. The van der Waals surface area contributed by atoms with Gasteiger partial charge in [-0.15, -0.1) is 11.8 Å². The predicted molar refractivity (Wildman–Crippen MR) is 107 cm³/mol. The Hall–Kier alpha value is -1.77. The van der Waals surface area contributed by atoms with Crippen LogP contribution in [0.25, 0.3) is 0 Å². The number of hydrogen-bond donors (Lipinski definition) is 4. The standard InChI is InChI=1S/C18H23ClN4O3S/c1-10-2-3-12(6-14(10)19)21-17(26)9-27-18-22-13(8-16(25)23-18)7-15(24)20-11-4-5-11/h2-3,6,11,13,18,22H,4-5,7-9H2,1H3,(H,20,24)(H,21,26)(H,23,25). The minimum Gasteiger partial charge on any atom is -0.353 e. The molecule has 2 fully saturated rings. The zero-order valence-electron chi connectivity index (χ0n) is 15.0. The molecule has 1 aliphatic heterocycles. The van der Waals surface area contributed by atoms with Gasteiger partial charge < -0.3 is 16.0 Å². The lowest BCUT2D eigenvalue weighted by Gasteiger charge is -2.30. The smallest absolute Gasteiger partial charge is 0.234 e. The second kappa shape index (κ2) is 8.95. The Morgan fingerprint density at radius 2 is 2.07 bits per heavy atom. The third kappa shape index (κ3) is 6.41. The monoisotopic (exact) mass is 410 g/mol. The Labute approximate surface area is 167 Å². The third-order valence-corrected chi connectivity index (χ3v) is 5.75. The average molecular weight is 411 g/mol. The first kappa shape index (κ1) is 20.0. The highest BCUT2D eigenvalue weighted by Crippen LogP contribution is 2.21. The van der Waals surface area contributed by atoms with Gasteiger partial charge in [0.1, 0.15) is 5.50 Å². The lowest BCUT2D eigenvalue weighted by Crippen LogP contribution is -2.56. The van der Waals surface area contributed by atoms with Gasteiger partial charge in [-0.05, 0) is 37.5 Å². The van der Waals surface area contributed by atoms with Crippen molar-refractivity contribution in [2.24, 2.45) is 0 Å². The van der Waals surface area contributed by atoms with E-state index in [2.05, 4.69) is 21.3 Å². The van der Waals surface area contributed by atoms with Crippen LogP contribution in [0, 0.1) is 6.92 Å². The molecule has 146 valence electrons. The molecule has 0 spiro atoms. The van der Waals surface area contributed by atoms with Crippen LogP contribution >= 0.6 is 23.4 Å². The molecule has 2 unspecified atom stereocenters. The molecule has 1 heterocycles. The number of thioether (sulfide) groups is 1. The van der Waals surface area contributed by atoms with Gasteiger partial charge in [-0.3, -0.25) is 19.7 Å². The SMILES string of the molecule is Cc1ccc(NC(=O)CSC2NC(=O)CC(CC(=O)NC3CC3)N2)cc1Cl. The third-order valence-electron chi connectivity index (χ3n) is 4.32. The maximum atomic E-state index is 12.1. The molecular formula is C18H23ClN4O3S. The molecule has 0 bridgehead atoms. The first-order valence-electron chi connectivity index (χ1n) is 8.91.